The molecule has 3 aromatic carbocycles. The standard InChI is InChI=1S/C14H9N3O3/c18-13-8-4-1-2-5-9(8)14(19)12-10(13)6-3-7-11(12)15-16-17-20/h1-7,18-19H. The van der Waals surface area contributed by atoms with Crippen molar-refractivity contribution in [3.8, 4) is 11.5 Å². The van der Waals surface area contributed by atoms with Gasteiger partial charge in [-0.25, -0.2) is 0 Å². The monoisotopic (exact) mass is 267 g/mol. The van der Waals surface area contributed by atoms with Gasteiger partial charge in [-0.05, 0) is 11.3 Å². The van der Waals surface area contributed by atoms with Crippen molar-refractivity contribution in [1.82, 2.24) is 0 Å². The van der Waals surface area contributed by atoms with Crippen molar-refractivity contribution in [2.45, 2.75) is 0 Å². The lowest BCUT2D eigenvalue weighted by molar-refractivity contribution is 0.478. The van der Waals surface area contributed by atoms with Crippen molar-refractivity contribution in [3.05, 3.63) is 47.4 Å². The summed E-state index contributed by atoms with van der Waals surface area (Å²) in [4.78, 5) is 10.1. The Hall–Kier alpha value is -3.02. The maximum Gasteiger partial charge on any atom is 0.133 e. The van der Waals surface area contributed by atoms with E-state index in [0.29, 0.717) is 21.5 Å². The van der Waals surface area contributed by atoms with E-state index >= 15 is 0 Å². The number of rotatable bonds is 2. The summed E-state index contributed by atoms with van der Waals surface area (Å²) in [5.41, 5.74) is 0.264. The summed E-state index contributed by atoms with van der Waals surface area (Å²) in [5.74, 6) is 0.0263. The molecule has 0 spiro atoms. The number of nitroso groups, excluding NO2 is 1. The van der Waals surface area contributed by atoms with Crippen LogP contribution in [0.25, 0.3) is 21.5 Å². The number of benzene rings is 3. The van der Waals surface area contributed by atoms with Gasteiger partial charge in [-0.2, -0.15) is 0 Å². The highest BCUT2D eigenvalue weighted by atomic mass is 16.3. The van der Waals surface area contributed by atoms with Crippen molar-refractivity contribution in [2.75, 3.05) is 0 Å². The third kappa shape index (κ3) is 1.66. The Morgan fingerprint density at radius 1 is 0.800 bits per heavy atom. The van der Waals surface area contributed by atoms with Gasteiger partial charge in [-0.1, -0.05) is 36.4 Å². The van der Waals surface area contributed by atoms with Crippen LogP contribution in [0.3, 0.4) is 0 Å². The average molecular weight is 267 g/mol. The van der Waals surface area contributed by atoms with Crippen LogP contribution in [0.15, 0.2) is 58.1 Å². The zero-order chi connectivity index (χ0) is 14.1. The largest absolute Gasteiger partial charge is 0.507 e. The van der Waals surface area contributed by atoms with E-state index in [4.69, 9.17) is 0 Å². The van der Waals surface area contributed by atoms with E-state index in [1.54, 1.807) is 42.5 Å². The average Bonchev–Trinajstić information content (AvgIpc) is 2.50. The highest BCUT2D eigenvalue weighted by Gasteiger charge is 2.15. The fourth-order valence-corrected chi connectivity index (χ4v) is 2.31. The molecule has 0 aromatic heterocycles. The molecule has 6 heteroatoms. The first-order chi connectivity index (χ1) is 9.74. The molecule has 98 valence electrons. The van der Waals surface area contributed by atoms with Crippen molar-refractivity contribution >= 4 is 27.2 Å². The fraction of sp³-hybridized carbons (Fsp3) is 0. The SMILES string of the molecule is O=NN=Nc1cccc2c(O)c3ccccc3c(O)c12. The van der Waals surface area contributed by atoms with Gasteiger partial charge in [0, 0.05) is 16.2 Å². The third-order valence-electron chi connectivity index (χ3n) is 3.16. The number of hydrogen-bond donors (Lipinski definition) is 2. The number of aromatic hydroxyl groups is 2. The smallest absolute Gasteiger partial charge is 0.133 e. The van der Waals surface area contributed by atoms with Crippen molar-refractivity contribution in [1.29, 1.82) is 0 Å². The molecule has 0 saturated heterocycles. The van der Waals surface area contributed by atoms with Gasteiger partial charge in [0.1, 0.15) is 16.8 Å². The quantitative estimate of drug-likeness (QED) is 0.240. The summed E-state index contributed by atoms with van der Waals surface area (Å²) in [5, 5.41) is 31.5. The van der Waals surface area contributed by atoms with Crippen LogP contribution in [-0.4, -0.2) is 10.2 Å². The lowest BCUT2D eigenvalue weighted by atomic mass is 9.99. The Balaban J connectivity index is 2.52. The molecule has 0 fully saturated rings. The molecule has 0 bridgehead atoms. The van der Waals surface area contributed by atoms with Gasteiger partial charge in [-0.3, -0.25) is 0 Å². The summed E-state index contributed by atoms with van der Waals surface area (Å²) in [6.07, 6.45) is 0. The fourth-order valence-electron chi connectivity index (χ4n) is 2.31. The summed E-state index contributed by atoms with van der Waals surface area (Å²) in [6, 6.07) is 11.8. The predicted octanol–water partition coefficient (Wildman–Crippen LogP) is 4.17. The van der Waals surface area contributed by atoms with Crippen molar-refractivity contribution in [3.63, 3.8) is 0 Å². The Labute approximate surface area is 112 Å². The maximum atomic E-state index is 10.4. The molecule has 0 unspecified atom stereocenters. The van der Waals surface area contributed by atoms with E-state index in [1.807, 2.05) is 0 Å². The van der Waals surface area contributed by atoms with E-state index in [9.17, 15) is 15.1 Å². The molecule has 0 atom stereocenters. The van der Waals surface area contributed by atoms with Crippen LogP contribution in [-0.2, 0) is 0 Å². The summed E-state index contributed by atoms with van der Waals surface area (Å²) < 4.78 is 0. The van der Waals surface area contributed by atoms with E-state index in [1.165, 1.54) is 0 Å². The second-order valence-electron chi connectivity index (χ2n) is 4.21. The first-order valence-electron chi connectivity index (χ1n) is 5.82. The maximum absolute atomic E-state index is 10.4. The van der Waals surface area contributed by atoms with Gasteiger partial charge in [0.2, 0.25) is 0 Å². The second kappa shape index (κ2) is 4.58. The minimum absolute atomic E-state index is 0.0196. The highest BCUT2D eigenvalue weighted by Crippen LogP contribution is 2.45. The molecule has 3 rings (SSSR count). The molecular formula is C14H9N3O3. The second-order valence-corrected chi connectivity index (χ2v) is 4.21. The minimum atomic E-state index is -0.0196. The zero-order valence-corrected chi connectivity index (χ0v) is 10.2. The Bertz CT molecular complexity index is 859. The molecule has 0 radical (unpaired) electrons. The molecule has 0 aliphatic rings. The van der Waals surface area contributed by atoms with Crippen LogP contribution in [0, 0.1) is 4.91 Å². The Morgan fingerprint density at radius 3 is 2.15 bits per heavy atom. The molecule has 2 N–H and O–H groups in total. The molecule has 0 aliphatic carbocycles. The van der Waals surface area contributed by atoms with Gasteiger partial charge in [-0.15, -0.1) is 10.0 Å². The van der Waals surface area contributed by atoms with E-state index in [0.717, 1.165) is 0 Å². The highest BCUT2D eigenvalue weighted by molar-refractivity contribution is 6.14. The Kier molecular flexibility index (Phi) is 2.76. The molecule has 3 aromatic rings. The van der Waals surface area contributed by atoms with Crippen LogP contribution in [0.4, 0.5) is 5.69 Å². The van der Waals surface area contributed by atoms with Gasteiger partial charge in [0.05, 0.1) is 11.1 Å². The van der Waals surface area contributed by atoms with Crippen LogP contribution >= 0.6 is 0 Å². The first kappa shape index (κ1) is 12.0. The number of phenols is 2. The molecule has 0 aliphatic heterocycles. The summed E-state index contributed by atoms with van der Waals surface area (Å²) in [6.45, 7) is 0. The van der Waals surface area contributed by atoms with E-state index < -0.39 is 0 Å². The summed E-state index contributed by atoms with van der Waals surface area (Å²) >= 11 is 0. The third-order valence-corrected chi connectivity index (χ3v) is 3.16. The zero-order valence-electron chi connectivity index (χ0n) is 10.2. The lowest BCUT2D eigenvalue weighted by Crippen LogP contribution is -1.81. The van der Waals surface area contributed by atoms with E-state index in [2.05, 4.69) is 15.6 Å². The van der Waals surface area contributed by atoms with Crippen LogP contribution in [0.5, 0.6) is 11.5 Å². The topological polar surface area (TPSA) is 94.6 Å². The van der Waals surface area contributed by atoms with Gasteiger partial charge >= 0.3 is 0 Å². The normalized spacial score (nSPS) is 11.4. The van der Waals surface area contributed by atoms with Crippen molar-refractivity contribution in [2.24, 2.45) is 15.6 Å². The van der Waals surface area contributed by atoms with Crippen LogP contribution in [0.1, 0.15) is 0 Å². The number of fused-ring (bicyclic) bond motifs is 2. The predicted molar refractivity (Wildman–Crippen MR) is 75.1 cm³/mol. The molecule has 0 heterocycles. The number of phenolic OH excluding ortho intramolecular Hbond substituents is 2. The first-order valence-corrected chi connectivity index (χ1v) is 5.82. The van der Waals surface area contributed by atoms with Gasteiger partial charge < -0.3 is 10.2 Å². The minimum Gasteiger partial charge on any atom is -0.507 e. The molecule has 6 nitrogen and oxygen atoms in total. The van der Waals surface area contributed by atoms with Crippen LogP contribution < -0.4 is 0 Å². The molecule has 0 saturated carbocycles. The van der Waals surface area contributed by atoms with Crippen LogP contribution in [0.2, 0.25) is 0 Å². The molecule has 20 heavy (non-hydrogen) atoms. The summed E-state index contributed by atoms with van der Waals surface area (Å²) in [7, 11) is 0. The van der Waals surface area contributed by atoms with Gasteiger partial charge in [0.15, 0.2) is 0 Å². The molecular weight excluding hydrogens is 258 g/mol. The van der Waals surface area contributed by atoms with Crippen molar-refractivity contribution < 1.29 is 10.2 Å². The van der Waals surface area contributed by atoms with Gasteiger partial charge in [0.25, 0.3) is 0 Å². The number of hydrogen-bond acceptors (Lipinski definition) is 4. The molecule has 0 amide bonds. The number of nitrogens with zero attached hydrogens (tertiary/aromatic N) is 3. The lowest BCUT2D eigenvalue weighted by Gasteiger charge is -2.10. The van der Waals surface area contributed by atoms with E-state index in [-0.39, 0.29) is 17.2 Å². The Morgan fingerprint density at radius 2 is 1.45 bits per heavy atom.